The second-order valence-electron chi connectivity index (χ2n) is 7.69. The fourth-order valence-corrected chi connectivity index (χ4v) is 3.77. The summed E-state index contributed by atoms with van der Waals surface area (Å²) in [4.78, 5) is 30.5. The predicted molar refractivity (Wildman–Crippen MR) is 134 cm³/mol. The lowest BCUT2D eigenvalue weighted by atomic mass is 10.1. The van der Waals surface area contributed by atoms with Crippen LogP contribution in [-0.2, 0) is 13.1 Å². The quantitative estimate of drug-likeness (QED) is 0.371. The van der Waals surface area contributed by atoms with E-state index in [1.165, 1.54) is 0 Å². The smallest absolute Gasteiger partial charge is 0.322 e. The van der Waals surface area contributed by atoms with Gasteiger partial charge in [-0.1, -0.05) is 35.9 Å². The van der Waals surface area contributed by atoms with Crippen LogP contribution in [0.4, 0.5) is 10.5 Å². The highest BCUT2D eigenvalue weighted by atomic mass is 35.5. The molecule has 2 amide bonds. The summed E-state index contributed by atoms with van der Waals surface area (Å²) in [5.41, 5.74) is 2.25. The Labute approximate surface area is 201 Å². The fraction of sp³-hybridized carbons (Fsp3) is 0.154. The molecule has 7 nitrogen and oxygen atoms in total. The van der Waals surface area contributed by atoms with E-state index in [1.807, 2.05) is 30.3 Å². The van der Waals surface area contributed by atoms with Crippen molar-refractivity contribution in [1.29, 1.82) is 0 Å². The Morgan fingerprint density at radius 1 is 0.941 bits per heavy atom. The molecule has 3 aromatic carbocycles. The Hall–Kier alpha value is -3.97. The summed E-state index contributed by atoms with van der Waals surface area (Å²) in [6, 6.07) is 21.2. The number of nitrogens with one attached hydrogen (secondary N) is 2. The van der Waals surface area contributed by atoms with Gasteiger partial charge in [-0.3, -0.25) is 4.79 Å². The first kappa shape index (κ1) is 23.2. The maximum atomic E-state index is 13.3. The number of H-pyrrole nitrogens is 1. The Morgan fingerprint density at radius 3 is 2.35 bits per heavy atom. The van der Waals surface area contributed by atoms with Gasteiger partial charge >= 0.3 is 6.03 Å². The molecule has 0 saturated heterocycles. The van der Waals surface area contributed by atoms with Crippen LogP contribution in [0.15, 0.2) is 77.6 Å². The zero-order chi connectivity index (χ0) is 24.1. The molecule has 1 heterocycles. The molecule has 0 bridgehead atoms. The summed E-state index contributed by atoms with van der Waals surface area (Å²) >= 11 is 6.23. The van der Waals surface area contributed by atoms with Gasteiger partial charge in [0.2, 0.25) is 0 Å². The van der Waals surface area contributed by atoms with Gasteiger partial charge in [-0.15, -0.1) is 0 Å². The molecular weight excluding hydrogens is 454 g/mol. The summed E-state index contributed by atoms with van der Waals surface area (Å²) in [6.07, 6.45) is 0. The van der Waals surface area contributed by atoms with Crippen LogP contribution in [0.1, 0.15) is 11.1 Å². The van der Waals surface area contributed by atoms with Crippen molar-refractivity contribution in [2.75, 3.05) is 19.5 Å². The van der Waals surface area contributed by atoms with Crippen LogP contribution in [0.25, 0.3) is 10.9 Å². The van der Waals surface area contributed by atoms with Crippen LogP contribution in [0, 0.1) is 0 Å². The van der Waals surface area contributed by atoms with E-state index in [-0.39, 0.29) is 24.7 Å². The monoisotopic (exact) mass is 477 g/mol. The molecule has 174 valence electrons. The van der Waals surface area contributed by atoms with Crippen LogP contribution in [0.3, 0.4) is 0 Å². The standard InChI is InChI=1S/C26H24ClN3O4/c1-33-20-9-7-17(8-10-20)15-30(26(32)29-24-6-4-3-5-22(24)27)16-19-13-18-14-21(34-2)11-12-23(18)28-25(19)31/h3-14H,15-16H2,1-2H3,(H,28,31)(H,29,32). The van der Waals surface area contributed by atoms with Crippen LogP contribution >= 0.6 is 11.6 Å². The van der Waals surface area contributed by atoms with Gasteiger partial charge in [0.25, 0.3) is 5.56 Å². The van der Waals surface area contributed by atoms with Crippen molar-refractivity contribution in [3.63, 3.8) is 0 Å². The van der Waals surface area contributed by atoms with Gasteiger partial charge < -0.3 is 24.7 Å². The number of pyridine rings is 1. The average Bonchev–Trinajstić information content (AvgIpc) is 2.85. The Balaban J connectivity index is 1.66. The fourth-order valence-electron chi connectivity index (χ4n) is 3.59. The number of fused-ring (bicyclic) bond motifs is 1. The number of halogens is 1. The number of ether oxygens (including phenoxy) is 2. The van der Waals surface area contributed by atoms with Crippen molar-refractivity contribution in [2.24, 2.45) is 0 Å². The second-order valence-corrected chi connectivity index (χ2v) is 8.10. The molecule has 0 fully saturated rings. The first-order valence-corrected chi connectivity index (χ1v) is 11.0. The number of anilines is 1. The number of hydrogen-bond donors (Lipinski definition) is 2. The summed E-state index contributed by atoms with van der Waals surface area (Å²) in [5.74, 6) is 1.40. The van der Waals surface area contributed by atoms with Gasteiger partial charge in [0.05, 0.1) is 31.5 Å². The topological polar surface area (TPSA) is 83.7 Å². The average molecular weight is 478 g/mol. The largest absolute Gasteiger partial charge is 0.497 e. The van der Waals surface area contributed by atoms with Crippen molar-refractivity contribution in [3.05, 3.63) is 99.3 Å². The number of urea groups is 1. The molecule has 4 aromatic rings. The van der Waals surface area contributed by atoms with Crippen LogP contribution < -0.4 is 20.3 Å². The Kier molecular flexibility index (Phi) is 7.04. The van der Waals surface area contributed by atoms with Crippen LogP contribution in [0.5, 0.6) is 11.5 Å². The minimum atomic E-state index is -0.381. The molecule has 0 unspecified atom stereocenters. The first-order chi connectivity index (χ1) is 16.5. The molecular formula is C26H24ClN3O4. The molecule has 0 spiro atoms. The van der Waals surface area contributed by atoms with Crippen molar-refractivity contribution < 1.29 is 14.3 Å². The summed E-state index contributed by atoms with van der Waals surface area (Å²) in [5, 5.41) is 4.08. The number of rotatable bonds is 7. The third-order valence-corrected chi connectivity index (χ3v) is 5.75. The van der Waals surface area contributed by atoms with Gasteiger partial charge in [-0.2, -0.15) is 0 Å². The molecule has 0 saturated carbocycles. The van der Waals surface area contributed by atoms with E-state index >= 15 is 0 Å². The lowest BCUT2D eigenvalue weighted by Crippen LogP contribution is -2.35. The van der Waals surface area contributed by atoms with E-state index in [9.17, 15) is 9.59 Å². The summed E-state index contributed by atoms with van der Waals surface area (Å²) in [6.45, 7) is 0.362. The molecule has 1 aromatic heterocycles. The minimum Gasteiger partial charge on any atom is -0.497 e. The van der Waals surface area contributed by atoms with E-state index in [0.29, 0.717) is 27.5 Å². The van der Waals surface area contributed by atoms with Gasteiger partial charge in [0.1, 0.15) is 11.5 Å². The number of carbonyl (C=O) groups is 1. The normalized spacial score (nSPS) is 10.7. The maximum Gasteiger partial charge on any atom is 0.322 e. The highest BCUT2D eigenvalue weighted by Gasteiger charge is 2.18. The van der Waals surface area contributed by atoms with E-state index < -0.39 is 0 Å². The molecule has 0 aliphatic carbocycles. The number of aromatic amines is 1. The Bertz CT molecular complexity index is 1370. The molecule has 0 aliphatic rings. The van der Waals surface area contributed by atoms with Crippen molar-refractivity contribution in [3.8, 4) is 11.5 Å². The first-order valence-electron chi connectivity index (χ1n) is 10.6. The zero-order valence-corrected chi connectivity index (χ0v) is 19.6. The van der Waals surface area contributed by atoms with E-state index in [2.05, 4.69) is 10.3 Å². The molecule has 34 heavy (non-hydrogen) atoms. The molecule has 2 N–H and O–H groups in total. The molecule has 0 atom stereocenters. The number of aromatic nitrogens is 1. The Morgan fingerprint density at radius 2 is 1.65 bits per heavy atom. The number of amides is 2. The van der Waals surface area contributed by atoms with Gasteiger partial charge in [-0.05, 0) is 54.1 Å². The number of benzene rings is 3. The SMILES string of the molecule is COc1ccc(CN(Cc2cc3cc(OC)ccc3[nH]c2=O)C(=O)Nc2ccccc2Cl)cc1. The lowest BCUT2D eigenvalue weighted by Gasteiger charge is -2.24. The van der Waals surface area contributed by atoms with Crippen LogP contribution in [-0.4, -0.2) is 30.1 Å². The van der Waals surface area contributed by atoms with E-state index in [4.69, 9.17) is 21.1 Å². The van der Waals surface area contributed by atoms with Gasteiger partial charge in [0.15, 0.2) is 0 Å². The highest BCUT2D eigenvalue weighted by molar-refractivity contribution is 6.33. The predicted octanol–water partition coefficient (Wildman–Crippen LogP) is 5.43. The van der Waals surface area contributed by atoms with Crippen LogP contribution in [0.2, 0.25) is 5.02 Å². The molecule has 4 rings (SSSR count). The number of hydrogen-bond acceptors (Lipinski definition) is 4. The van der Waals surface area contributed by atoms with E-state index in [1.54, 1.807) is 61.6 Å². The molecule has 8 heteroatoms. The van der Waals surface area contributed by atoms with Crippen molar-refractivity contribution >= 4 is 34.2 Å². The third-order valence-electron chi connectivity index (χ3n) is 5.42. The zero-order valence-electron chi connectivity index (χ0n) is 18.8. The van der Waals surface area contributed by atoms with E-state index in [0.717, 1.165) is 16.7 Å². The van der Waals surface area contributed by atoms with Gasteiger partial charge in [-0.25, -0.2) is 4.79 Å². The number of methoxy groups -OCH3 is 2. The van der Waals surface area contributed by atoms with Crippen molar-refractivity contribution in [1.82, 2.24) is 9.88 Å². The van der Waals surface area contributed by atoms with Crippen molar-refractivity contribution in [2.45, 2.75) is 13.1 Å². The minimum absolute atomic E-state index is 0.0881. The second kappa shape index (κ2) is 10.3. The van der Waals surface area contributed by atoms with Gasteiger partial charge in [0, 0.05) is 23.0 Å². The molecule has 0 aliphatic heterocycles. The maximum absolute atomic E-state index is 13.3. The number of para-hydroxylation sites is 1. The summed E-state index contributed by atoms with van der Waals surface area (Å²) in [7, 11) is 3.18. The lowest BCUT2D eigenvalue weighted by molar-refractivity contribution is 0.206. The number of nitrogens with zero attached hydrogens (tertiary/aromatic N) is 1. The molecule has 0 radical (unpaired) electrons. The third kappa shape index (κ3) is 5.32. The highest BCUT2D eigenvalue weighted by Crippen LogP contribution is 2.23. The summed E-state index contributed by atoms with van der Waals surface area (Å²) < 4.78 is 10.5. The number of carbonyl (C=O) groups excluding carboxylic acids is 1.